The number of hydrogen-bond donors (Lipinski definition) is 0. The van der Waals surface area contributed by atoms with Crippen LogP contribution in [0, 0.1) is 29.1 Å². The van der Waals surface area contributed by atoms with E-state index in [-0.39, 0.29) is 21.7 Å². The van der Waals surface area contributed by atoms with Crippen LogP contribution in [-0.2, 0) is 21.7 Å². The number of hydrogen-bond acceptors (Lipinski definition) is 1. The van der Waals surface area contributed by atoms with Gasteiger partial charge in [0.2, 0.25) is 0 Å². The predicted molar refractivity (Wildman–Crippen MR) is 240 cm³/mol. The summed E-state index contributed by atoms with van der Waals surface area (Å²) < 4.78 is 0. The molecule has 4 saturated carbocycles. The first-order chi connectivity index (χ1) is 27.9. The number of benzene rings is 6. The van der Waals surface area contributed by atoms with Crippen molar-refractivity contribution in [3.63, 3.8) is 0 Å². The lowest BCUT2D eigenvalue weighted by Crippen LogP contribution is -2.73. The largest absolute Gasteiger partial charge is 0.310 e. The van der Waals surface area contributed by atoms with E-state index in [1.807, 2.05) is 0 Å². The van der Waals surface area contributed by atoms with Gasteiger partial charge in [-0.1, -0.05) is 126 Å². The minimum absolute atomic E-state index is 0.0753. The fraction of sp³-hybridized carbons (Fsp3) is 0.368. The monoisotopic (exact) mass is 753 g/mol. The average Bonchev–Trinajstić information content (AvgIpc) is 3.92. The molecule has 7 aliphatic rings. The predicted octanol–water partition coefficient (Wildman–Crippen LogP) is 14.8. The topological polar surface area (TPSA) is 3.24 Å². The Kier molecular flexibility index (Phi) is 6.36. The van der Waals surface area contributed by atoms with Crippen molar-refractivity contribution in [1.29, 1.82) is 0 Å². The van der Waals surface area contributed by atoms with Gasteiger partial charge in [-0.15, -0.1) is 0 Å². The molecular formula is C57H55N. The van der Waals surface area contributed by atoms with E-state index in [2.05, 4.69) is 174 Å². The van der Waals surface area contributed by atoms with E-state index in [1.54, 1.807) is 11.1 Å². The molecule has 13 rings (SSSR count). The van der Waals surface area contributed by atoms with E-state index in [1.165, 1.54) is 111 Å². The fourth-order valence-electron chi connectivity index (χ4n) is 15.3. The van der Waals surface area contributed by atoms with Crippen molar-refractivity contribution >= 4 is 17.1 Å². The molecule has 0 amide bonds. The zero-order valence-electron chi connectivity index (χ0n) is 35.1. The molecule has 288 valence electrons. The summed E-state index contributed by atoms with van der Waals surface area (Å²) in [4.78, 5) is 2.61. The summed E-state index contributed by atoms with van der Waals surface area (Å²) in [7, 11) is 0. The molecule has 0 heterocycles. The van der Waals surface area contributed by atoms with Crippen molar-refractivity contribution in [2.75, 3.05) is 4.90 Å². The number of anilines is 3. The first-order valence-corrected chi connectivity index (χ1v) is 22.5. The molecule has 4 fully saturated rings. The summed E-state index contributed by atoms with van der Waals surface area (Å²) >= 11 is 0. The van der Waals surface area contributed by atoms with Crippen molar-refractivity contribution in [3.05, 3.63) is 161 Å². The van der Waals surface area contributed by atoms with Crippen LogP contribution in [0.15, 0.2) is 127 Å². The third kappa shape index (κ3) is 3.96. The fourth-order valence-corrected chi connectivity index (χ4v) is 15.3. The number of fused-ring (bicyclic) bond motifs is 12. The lowest BCUT2D eigenvalue weighted by molar-refractivity contribution is -0.231. The summed E-state index contributed by atoms with van der Waals surface area (Å²) in [6.07, 6.45) is 8.27. The minimum atomic E-state index is -0.0753. The van der Waals surface area contributed by atoms with Crippen LogP contribution in [0.4, 0.5) is 17.1 Å². The molecule has 2 spiro atoms. The molecule has 6 atom stereocenters. The quantitative estimate of drug-likeness (QED) is 0.173. The number of rotatable bonds is 4. The van der Waals surface area contributed by atoms with Gasteiger partial charge in [0.25, 0.3) is 0 Å². The lowest BCUT2D eigenvalue weighted by Gasteiger charge is -2.76. The van der Waals surface area contributed by atoms with Crippen molar-refractivity contribution in [2.24, 2.45) is 29.1 Å². The summed E-state index contributed by atoms with van der Waals surface area (Å²) in [6.45, 7) is 14.6. The first kappa shape index (κ1) is 34.0. The van der Waals surface area contributed by atoms with Gasteiger partial charge in [-0.2, -0.15) is 0 Å². The molecule has 0 N–H and O–H groups in total. The Morgan fingerprint density at radius 1 is 0.448 bits per heavy atom. The Morgan fingerprint density at radius 2 is 1.05 bits per heavy atom. The molecule has 0 aliphatic heterocycles. The molecule has 6 unspecified atom stereocenters. The maximum Gasteiger partial charge on any atom is 0.0468 e. The average molecular weight is 754 g/mol. The second kappa shape index (κ2) is 10.8. The van der Waals surface area contributed by atoms with Crippen LogP contribution in [0.25, 0.3) is 33.4 Å². The SMILES string of the molecule is CC1(C)CCC(C)(C)c2cc(N(c3ccc4c(c3)-c3cc(-c5ccccc5)ccc3C43C4CC5CC6CC3C64C5)c3ccc4c(c3)C(C)(C)c3ccccc3-4)ccc21. The molecule has 7 aliphatic carbocycles. The lowest BCUT2D eigenvalue weighted by atomic mass is 9.27. The van der Waals surface area contributed by atoms with E-state index < -0.39 is 0 Å². The van der Waals surface area contributed by atoms with Crippen LogP contribution < -0.4 is 4.90 Å². The van der Waals surface area contributed by atoms with E-state index in [0.717, 1.165) is 23.7 Å². The zero-order chi connectivity index (χ0) is 39.1. The van der Waals surface area contributed by atoms with E-state index in [4.69, 9.17) is 0 Å². The van der Waals surface area contributed by atoms with Crippen LogP contribution in [0.2, 0.25) is 0 Å². The second-order valence-electron chi connectivity index (χ2n) is 21.7. The molecule has 1 nitrogen and oxygen atoms in total. The maximum absolute atomic E-state index is 2.62. The Morgan fingerprint density at radius 3 is 1.83 bits per heavy atom. The smallest absolute Gasteiger partial charge is 0.0468 e. The molecule has 0 saturated heterocycles. The Balaban J connectivity index is 1.03. The molecule has 6 aromatic carbocycles. The molecule has 58 heavy (non-hydrogen) atoms. The standard InChI is InChI=1S/C57H55N/c1-53(2)24-25-54(3,4)50-32-40(19-23-48(50)53)58(39-17-20-42-41-14-10-11-15-45(41)55(5,6)49(42)31-39)38-18-22-47-44(30-38)43-28-36(35-12-8-7-9-13-35)16-21-46(43)57(47)51-27-34-26-37-29-52(57)56(37,51)33-34/h7-23,28,30-32,34,37,51-52H,24-27,29,33H2,1-6H3. The van der Waals surface area contributed by atoms with Crippen molar-refractivity contribution in [1.82, 2.24) is 0 Å². The van der Waals surface area contributed by atoms with Gasteiger partial charge in [0, 0.05) is 27.9 Å². The van der Waals surface area contributed by atoms with Gasteiger partial charge >= 0.3 is 0 Å². The molecule has 0 radical (unpaired) electrons. The Labute approximate surface area is 345 Å². The van der Waals surface area contributed by atoms with Crippen LogP contribution in [0.5, 0.6) is 0 Å². The molecule has 6 aromatic rings. The Bertz CT molecular complexity index is 2760. The van der Waals surface area contributed by atoms with Gasteiger partial charge in [-0.05, 0) is 188 Å². The van der Waals surface area contributed by atoms with Gasteiger partial charge in [0.05, 0.1) is 0 Å². The third-order valence-electron chi connectivity index (χ3n) is 18.0. The van der Waals surface area contributed by atoms with Crippen LogP contribution >= 0.6 is 0 Å². The molecular weight excluding hydrogens is 699 g/mol. The maximum atomic E-state index is 2.62. The zero-order valence-corrected chi connectivity index (χ0v) is 35.1. The normalized spacial score (nSPS) is 29.7. The van der Waals surface area contributed by atoms with E-state index in [0.29, 0.717) is 5.41 Å². The van der Waals surface area contributed by atoms with Gasteiger partial charge in [-0.25, -0.2) is 0 Å². The van der Waals surface area contributed by atoms with Crippen molar-refractivity contribution in [2.45, 2.75) is 102 Å². The Hall–Kier alpha value is -4.88. The highest BCUT2D eigenvalue weighted by molar-refractivity contribution is 5.91. The second-order valence-corrected chi connectivity index (χ2v) is 21.7. The minimum Gasteiger partial charge on any atom is -0.310 e. The van der Waals surface area contributed by atoms with Gasteiger partial charge in [0.1, 0.15) is 0 Å². The third-order valence-corrected chi connectivity index (χ3v) is 18.0. The first-order valence-electron chi connectivity index (χ1n) is 22.5. The van der Waals surface area contributed by atoms with Crippen molar-refractivity contribution in [3.8, 4) is 33.4 Å². The van der Waals surface area contributed by atoms with Crippen LogP contribution in [0.3, 0.4) is 0 Å². The highest BCUT2D eigenvalue weighted by atomic mass is 15.1. The van der Waals surface area contributed by atoms with Gasteiger partial charge in [0.15, 0.2) is 0 Å². The van der Waals surface area contributed by atoms with E-state index >= 15 is 0 Å². The van der Waals surface area contributed by atoms with E-state index in [9.17, 15) is 0 Å². The summed E-state index contributed by atoms with van der Waals surface area (Å²) in [5, 5.41) is 0. The highest BCUT2D eigenvalue weighted by Gasteiger charge is 2.84. The van der Waals surface area contributed by atoms with Gasteiger partial charge in [-0.3, -0.25) is 0 Å². The van der Waals surface area contributed by atoms with Crippen LogP contribution in [-0.4, -0.2) is 0 Å². The summed E-state index contributed by atoms with van der Waals surface area (Å²) in [5.74, 6) is 3.50. The molecule has 1 heteroatoms. The van der Waals surface area contributed by atoms with Crippen molar-refractivity contribution < 1.29 is 0 Å². The summed E-state index contributed by atoms with van der Waals surface area (Å²) in [5.41, 5.74) is 22.2. The van der Waals surface area contributed by atoms with Gasteiger partial charge < -0.3 is 4.90 Å². The molecule has 2 bridgehead atoms. The molecule has 0 aromatic heterocycles. The van der Waals surface area contributed by atoms with Crippen LogP contribution in [0.1, 0.15) is 113 Å². The highest BCUT2D eigenvalue weighted by Crippen LogP contribution is 2.89. The number of nitrogens with zero attached hydrogens (tertiary/aromatic N) is 1. The summed E-state index contributed by atoms with van der Waals surface area (Å²) in [6, 6.07) is 50.3.